The molecule has 1 amide bonds. The number of alkyl halides is 1. The Labute approximate surface area is 198 Å². The van der Waals surface area contributed by atoms with Crippen LogP contribution in [0.4, 0.5) is 4.39 Å². The monoisotopic (exact) mass is 473 g/mol. The predicted octanol–water partition coefficient (Wildman–Crippen LogP) is 3.91. The molecule has 0 spiro atoms. The summed E-state index contributed by atoms with van der Waals surface area (Å²) in [5, 5.41) is 2.69. The summed E-state index contributed by atoms with van der Waals surface area (Å²) in [6.45, 7) is 6.16. The van der Waals surface area contributed by atoms with Crippen LogP contribution >= 0.6 is 11.3 Å². The van der Waals surface area contributed by atoms with Crippen LogP contribution in [-0.4, -0.2) is 58.3 Å². The highest BCUT2D eigenvalue weighted by molar-refractivity contribution is 7.13. The van der Waals surface area contributed by atoms with Gasteiger partial charge in [-0.25, -0.2) is 14.4 Å². The number of aromatic nitrogens is 3. The van der Waals surface area contributed by atoms with E-state index in [4.69, 9.17) is 15.5 Å². The van der Waals surface area contributed by atoms with Gasteiger partial charge in [-0.2, -0.15) is 0 Å². The maximum absolute atomic E-state index is 14.5. The van der Waals surface area contributed by atoms with Gasteiger partial charge in [0.2, 0.25) is 5.91 Å². The van der Waals surface area contributed by atoms with Crippen molar-refractivity contribution in [3.63, 3.8) is 0 Å². The van der Waals surface area contributed by atoms with Crippen LogP contribution in [0.3, 0.4) is 0 Å². The Morgan fingerprint density at radius 1 is 1.30 bits per heavy atom. The molecule has 2 aromatic heterocycles. The average Bonchev–Trinajstić information content (AvgIpc) is 3.44. The number of halogens is 1. The van der Waals surface area contributed by atoms with Crippen molar-refractivity contribution in [3.8, 4) is 10.7 Å². The van der Waals surface area contributed by atoms with Gasteiger partial charge in [-0.3, -0.25) is 4.79 Å². The molecule has 2 N–H and O–H groups in total. The number of carbonyl (C=O) groups is 1. The highest BCUT2D eigenvalue weighted by atomic mass is 32.1. The Balaban J connectivity index is 2.14. The Kier molecular flexibility index (Phi) is 8.34. The van der Waals surface area contributed by atoms with Gasteiger partial charge in [0.15, 0.2) is 0 Å². The molecule has 0 saturated carbocycles. The number of nitrogens with zero attached hydrogens (tertiary/aromatic N) is 4. The van der Waals surface area contributed by atoms with Gasteiger partial charge in [-0.1, -0.05) is 51.1 Å². The first-order valence-electron chi connectivity index (χ1n) is 10.9. The molecule has 7 nitrogen and oxygen atoms in total. The molecule has 178 valence electrons. The van der Waals surface area contributed by atoms with Crippen molar-refractivity contribution in [2.75, 3.05) is 26.8 Å². The van der Waals surface area contributed by atoms with E-state index in [1.54, 1.807) is 6.20 Å². The zero-order valence-electron chi connectivity index (χ0n) is 19.6. The summed E-state index contributed by atoms with van der Waals surface area (Å²) in [5.41, 5.74) is 6.94. The lowest BCUT2D eigenvalue weighted by atomic mass is 9.84. The van der Waals surface area contributed by atoms with Crippen molar-refractivity contribution in [2.45, 2.75) is 39.5 Å². The lowest BCUT2D eigenvalue weighted by Crippen LogP contribution is -2.47. The van der Waals surface area contributed by atoms with Crippen molar-refractivity contribution in [1.29, 1.82) is 0 Å². The molecule has 0 aliphatic heterocycles. The highest BCUT2D eigenvalue weighted by Crippen LogP contribution is 2.39. The summed E-state index contributed by atoms with van der Waals surface area (Å²) in [6.07, 6.45) is 2.33. The first-order chi connectivity index (χ1) is 15.7. The van der Waals surface area contributed by atoms with Gasteiger partial charge in [0, 0.05) is 38.0 Å². The summed E-state index contributed by atoms with van der Waals surface area (Å²) >= 11 is 1.50. The molecule has 3 rings (SSSR count). The fourth-order valence-electron chi connectivity index (χ4n) is 3.85. The molecule has 1 unspecified atom stereocenters. The SMILES string of the molecule is COCC(=O)N(C[C@@H](F)CN)C(c1nc(-c2nccs2)cn1Cc1ccccc1)C(C)(C)C. The summed E-state index contributed by atoms with van der Waals surface area (Å²) in [6, 6.07) is 9.51. The van der Waals surface area contributed by atoms with Crippen LogP contribution < -0.4 is 5.73 Å². The zero-order valence-corrected chi connectivity index (χ0v) is 20.4. The first kappa shape index (κ1) is 25.0. The molecule has 2 heterocycles. The topological polar surface area (TPSA) is 86.3 Å². The maximum Gasteiger partial charge on any atom is 0.249 e. The normalized spacial score (nSPS) is 13.6. The highest BCUT2D eigenvalue weighted by Gasteiger charge is 2.39. The Morgan fingerprint density at radius 3 is 2.61 bits per heavy atom. The van der Waals surface area contributed by atoms with E-state index in [0.29, 0.717) is 12.4 Å². The van der Waals surface area contributed by atoms with E-state index >= 15 is 0 Å². The van der Waals surface area contributed by atoms with E-state index < -0.39 is 17.6 Å². The molecule has 33 heavy (non-hydrogen) atoms. The summed E-state index contributed by atoms with van der Waals surface area (Å²) in [7, 11) is 1.45. The number of benzene rings is 1. The molecule has 0 radical (unpaired) electrons. The smallest absolute Gasteiger partial charge is 0.249 e. The molecule has 0 fully saturated rings. The Hall–Kier alpha value is -2.62. The molecule has 2 atom stereocenters. The fourth-order valence-corrected chi connectivity index (χ4v) is 4.44. The molecule has 3 aromatic rings. The molecule has 9 heteroatoms. The van der Waals surface area contributed by atoms with E-state index in [0.717, 1.165) is 16.3 Å². The summed E-state index contributed by atoms with van der Waals surface area (Å²) in [5.74, 6) is 0.365. The number of carbonyl (C=O) groups excluding carboxylic acids is 1. The van der Waals surface area contributed by atoms with E-state index in [1.165, 1.54) is 23.3 Å². The van der Waals surface area contributed by atoms with Gasteiger partial charge in [-0.15, -0.1) is 11.3 Å². The molecule has 0 aliphatic carbocycles. The van der Waals surface area contributed by atoms with E-state index in [1.807, 2.05) is 67.2 Å². The maximum atomic E-state index is 14.5. The Morgan fingerprint density at radius 2 is 2.03 bits per heavy atom. The van der Waals surface area contributed by atoms with Gasteiger partial charge in [0.1, 0.15) is 29.3 Å². The molecule has 0 bridgehead atoms. The minimum absolute atomic E-state index is 0.134. The van der Waals surface area contributed by atoms with Gasteiger partial charge >= 0.3 is 0 Å². The fraction of sp³-hybridized carbons (Fsp3) is 0.458. The third-order valence-corrected chi connectivity index (χ3v) is 6.07. The number of amides is 1. The van der Waals surface area contributed by atoms with E-state index in [9.17, 15) is 9.18 Å². The van der Waals surface area contributed by atoms with Gasteiger partial charge < -0.3 is 19.9 Å². The number of imidazole rings is 1. The number of rotatable bonds is 10. The Bertz CT molecular complexity index is 1020. The molecular formula is C24H32FN5O2S. The van der Waals surface area contributed by atoms with Crippen molar-refractivity contribution in [2.24, 2.45) is 11.1 Å². The first-order valence-corrected chi connectivity index (χ1v) is 11.8. The second-order valence-electron chi connectivity index (χ2n) is 9.02. The number of ether oxygens (including phenoxy) is 1. The van der Waals surface area contributed by atoms with Crippen LogP contribution in [0.1, 0.15) is 38.2 Å². The second kappa shape index (κ2) is 11.0. The van der Waals surface area contributed by atoms with Gasteiger partial charge in [0.05, 0.1) is 12.6 Å². The second-order valence-corrected chi connectivity index (χ2v) is 9.91. The third-order valence-electron chi connectivity index (χ3n) is 5.27. The molecule has 0 saturated heterocycles. The van der Waals surface area contributed by atoms with Crippen molar-refractivity contribution >= 4 is 17.2 Å². The van der Waals surface area contributed by atoms with Gasteiger partial charge in [0.25, 0.3) is 0 Å². The number of nitrogens with two attached hydrogens (primary N) is 1. The number of hydrogen-bond donors (Lipinski definition) is 1. The lowest BCUT2D eigenvalue weighted by Gasteiger charge is -2.40. The molecule has 0 aliphatic rings. The van der Waals surface area contributed by atoms with Crippen LogP contribution in [0.2, 0.25) is 0 Å². The van der Waals surface area contributed by atoms with Crippen LogP contribution in [0.25, 0.3) is 10.7 Å². The standard InChI is InChI=1S/C24H32FN5O2S/c1-24(2,3)21(30(14-18(25)12-26)20(31)16-32-4)22-28-19(23-27-10-11-33-23)15-29(22)13-17-8-6-5-7-9-17/h5-11,15,18,21H,12-14,16,26H2,1-4H3/t18-,21?/m0/s1. The lowest BCUT2D eigenvalue weighted by molar-refractivity contribution is -0.141. The van der Waals surface area contributed by atoms with Crippen LogP contribution in [0.5, 0.6) is 0 Å². The van der Waals surface area contributed by atoms with Crippen molar-refractivity contribution in [3.05, 3.63) is 59.5 Å². The minimum atomic E-state index is -1.35. The van der Waals surface area contributed by atoms with Crippen molar-refractivity contribution < 1.29 is 13.9 Å². The van der Waals surface area contributed by atoms with Crippen LogP contribution in [0, 0.1) is 5.41 Å². The average molecular weight is 474 g/mol. The largest absolute Gasteiger partial charge is 0.375 e. The zero-order chi connectivity index (χ0) is 24.0. The van der Waals surface area contributed by atoms with Crippen LogP contribution in [0.15, 0.2) is 48.1 Å². The quantitative estimate of drug-likeness (QED) is 0.482. The molecule has 1 aromatic carbocycles. The van der Waals surface area contributed by atoms with E-state index in [-0.39, 0.29) is 25.6 Å². The number of hydrogen-bond acceptors (Lipinski definition) is 6. The minimum Gasteiger partial charge on any atom is -0.375 e. The van der Waals surface area contributed by atoms with E-state index in [2.05, 4.69) is 4.98 Å². The number of thiazole rings is 1. The summed E-state index contributed by atoms with van der Waals surface area (Å²) in [4.78, 5) is 24.0. The van der Waals surface area contributed by atoms with Crippen LogP contribution in [-0.2, 0) is 16.1 Å². The number of methoxy groups -OCH3 is 1. The molecular weight excluding hydrogens is 441 g/mol. The van der Waals surface area contributed by atoms with Gasteiger partial charge in [-0.05, 0) is 11.0 Å². The summed E-state index contributed by atoms with van der Waals surface area (Å²) < 4.78 is 21.7. The third kappa shape index (κ3) is 6.25. The van der Waals surface area contributed by atoms with Crippen molar-refractivity contribution in [1.82, 2.24) is 19.4 Å². The predicted molar refractivity (Wildman–Crippen MR) is 129 cm³/mol.